The van der Waals surface area contributed by atoms with E-state index in [-0.39, 0.29) is 16.3 Å². The zero-order chi connectivity index (χ0) is 23.3. The van der Waals surface area contributed by atoms with Crippen molar-refractivity contribution >= 4 is 39.5 Å². The summed E-state index contributed by atoms with van der Waals surface area (Å²) in [6, 6.07) is 15.7. The Morgan fingerprint density at radius 3 is 2.38 bits per heavy atom. The van der Waals surface area contributed by atoms with Crippen molar-refractivity contribution in [3.63, 3.8) is 0 Å². The van der Waals surface area contributed by atoms with E-state index in [0.29, 0.717) is 21.7 Å². The first-order valence-electron chi connectivity index (χ1n) is 9.04. The minimum Gasteiger partial charge on any atom is -0.379 e. The standard InChI is InChI=1S/C21H16ClN3O6S/c1-14-2-11-19(12-20(14)25(27)28)32(29,30)31-18-9-3-15(4-10-18)13-23-24-21(26)16-5-7-17(22)8-6-16/h2-13H,1H3,(H,24,26)/b23-13-. The summed E-state index contributed by atoms with van der Waals surface area (Å²) in [5.41, 5.74) is 3.33. The van der Waals surface area contributed by atoms with Gasteiger partial charge < -0.3 is 4.18 Å². The van der Waals surface area contributed by atoms with Crippen LogP contribution in [0.5, 0.6) is 5.75 Å². The number of nitrogens with one attached hydrogen (secondary N) is 1. The van der Waals surface area contributed by atoms with Crippen LogP contribution in [0.2, 0.25) is 5.02 Å². The highest BCUT2D eigenvalue weighted by atomic mass is 35.5. The molecule has 0 spiro atoms. The molecule has 11 heteroatoms. The Bertz CT molecular complexity index is 1290. The number of hydrogen-bond donors (Lipinski definition) is 1. The van der Waals surface area contributed by atoms with Gasteiger partial charge in [-0.15, -0.1) is 0 Å². The van der Waals surface area contributed by atoms with Gasteiger partial charge in [-0.05, 0) is 67.1 Å². The number of carbonyl (C=O) groups is 1. The van der Waals surface area contributed by atoms with Crippen molar-refractivity contribution in [3.05, 3.63) is 98.6 Å². The van der Waals surface area contributed by atoms with E-state index in [4.69, 9.17) is 15.8 Å². The van der Waals surface area contributed by atoms with Crippen LogP contribution in [-0.4, -0.2) is 25.5 Å². The quantitative estimate of drug-likeness (QED) is 0.238. The molecule has 0 fully saturated rings. The molecule has 0 unspecified atom stereocenters. The number of amides is 1. The normalized spacial score (nSPS) is 11.3. The molecule has 0 aliphatic carbocycles. The number of benzene rings is 3. The van der Waals surface area contributed by atoms with Crippen LogP contribution in [0.1, 0.15) is 21.5 Å². The van der Waals surface area contributed by atoms with Gasteiger partial charge in [0, 0.05) is 22.2 Å². The van der Waals surface area contributed by atoms with Crippen molar-refractivity contribution in [1.82, 2.24) is 5.43 Å². The molecule has 3 rings (SSSR count). The second-order valence-electron chi connectivity index (χ2n) is 6.52. The van der Waals surface area contributed by atoms with Gasteiger partial charge in [-0.3, -0.25) is 14.9 Å². The fourth-order valence-corrected chi connectivity index (χ4v) is 3.63. The molecule has 32 heavy (non-hydrogen) atoms. The SMILES string of the molecule is Cc1ccc(S(=O)(=O)Oc2ccc(/C=N\NC(=O)c3ccc(Cl)cc3)cc2)cc1[N+](=O)[O-]. The number of carbonyl (C=O) groups excluding carboxylic acids is 1. The molecule has 0 aromatic heterocycles. The summed E-state index contributed by atoms with van der Waals surface area (Å²) in [4.78, 5) is 22.0. The van der Waals surface area contributed by atoms with E-state index in [0.717, 1.165) is 6.07 Å². The average Bonchev–Trinajstić information content (AvgIpc) is 2.75. The van der Waals surface area contributed by atoms with Gasteiger partial charge in [0.2, 0.25) is 0 Å². The third-order valence-corrected chi connectivity index (χ3v) is 5.73. The predicted molar refractivity (Wildman–Crippen MR) is 119 cm³/mol. The van der Waals surface area contributed by atoms with Crippen LogP contribution in [0.25, 0.3) is 0 Å². The largest absolute Gasteiger partial charge is 0.379 e. The zero-order valence-corrected chi connectivity index (χ0v) is 18.1. The number of hydrazone groups is 1. The maximum Gasteiger partial charge on any atom is 0.339 e. The lowest BCUT2D eigenvalue weighted by molar-refractivity contribution is -0.385. The fourth-order valence-electron chi connectivity index (χ4n) is 2.56. The minimum atomic E-state index is -4.27. The highest BCUT2D eigenvalue weighted by molar-refractivity contribution is 7.87. The maximum atomic E-state index is 12.4. The Hall–Kier alpha value is -3.76. The number of rotatable bonds is 7. The summed E-state index contributed by atoms with van der Waals surface area (Å²) < 4.78 is 29.9. The van der Waals surface area contributed by atoms with Crippen LogP contribution < -0.4 is 9.61 Å². The van der Waals surface area contributed by atoms with Crippen LogP contribution in [0, 0.1) is 17.0 Å². The molecule has 1 amide bonds. The minimum absolute atomic E-state index is 0.00979. The lowest BCUT2D eigenvalue weighted by atomic mass is 10.2. The van der Waals surface area contributed by atoms with E-state index in [9.17, 15) is 23.3 Å². The van der Waals surface area contributed by atoms with Crippen molar-refractivity contribution in [2.75, 3.05) is 0 Å². The van der Waals surface area contributed by atoms with Crippen molar-refractivity contribution in [3.8, 4) is 5.75 Å². The Morgan fingerprint density at radius 2 is 1.75 bits per heavy atom. The van der Waals surface area contributed by atoms with E-state index < -0.39 is 20.9 Å². The molecule has 0 aliphatic heterocycles. The Kier molecular flexibility index (Phi) is 6.86. The van der Waals surface area contributed by atoms with Crippen molar-refractivity contribution in [1.29, 1.82) is 0 Å². The second kappa shape index (κ2) is 9.58. The summed E-state index contributed by atoms with van der Waals surface area (Å²) >= 11 is 5.78. The monoisotopic (exact) mass is 473 g/mol. The second-order valence-corrected chi connectivity index (χ2v) is 8.50. The van der Waals surface area contributed by atoms with Gasteiger partial charge >= 0.3 is 10.1 Å². The first-order valence-corrected chi connectivity index (χ1v) is 10.8. The first kappa shape index (κ1) is 22.9. The average molecular weight is 474 g/mol. The van der Waals surface area contributed by atoms with E-state index in [2.05, 4.69) is 10.5 Å². The number of nitro groups is 1. The highest BCUT2D eigenvalue weighted by Crippen LogP contribution is 2.25. The zero-order valence-electron chi connectivity index (χ0n) is 16.6. The van der Waals surface area contributed by atoms with Gasteiger partial charge in [0.15, 0.2) is 0 Å². The molecule has 0 radical (unpaired) electrons. The van der Waals surface area contributed by atoms with E-state index in [1.807, 2.05) is 0 Å². The molecular weight excluding hydrogens is 458 g/mol. The molecule has 164 valence electrons. The van der Waals surface area contributed by atoms with Crippen LogP contribution >= 0.6 is 11.6 Å². The Labute approximate surface area is 188 Å². The smallest absolute Gasteiger partial charge is 0.339 e. The number of hydrogen-bond acceptors (Lipinski definition) is 7. The van der Waals surface area contributed by atoms with Gasteiger partial charge in [-0.1, -0.05) is 17.7 Å². The molecule has 0 heterocycles. The van der Waals surface area contributed by atoms with Gasteiger partial charge in [-0.2, -0.15) is 13.5 Å². The summed E-state index contributed by atoms with van der Waals surface area (Å²) in [5, 5.41) is 15.4. The molecule has 9 nitrogen and oxygen atoms in total. The van der Waals surface area contributed by atoms with E-state index >= 15 is 0 Å². The fraction of sp³-hybridized carbons (Fsp3) is 0.0476. The number of aryl methyl sites for hydroxylation is 1. The van der Waals surface area contributed by atoms with Gasteiger partial charge in [0.05, 0.1) is 11.1 Å². The molecule has 0 bridgehead atoms. The van der Waals surface area contributed by atoms with Crippen LogP contribution in [0.15, 0.2) is 76.7 Å². The van der Waals surface area contributed by atoms with Gasteiger partial charge in [0.25, 0.3) is 11.6 Å². The third-order valence-electron chi connectivity index (χ3n) is 4.24. The summed E-state index contributed by atoms with van der Waals surface area (Å²) in [5.74, 6) is -0.410. The van der Waals surface area contributed by atoms with Crippen LogP contribution in [-0.2, 0) is 10.1 Å². The predicted octanol–water partition coefficient (Wildman–Crippen LogP) is 4.09. The molecule has 0 saturated heterocycles. The summed E-state index contributed by atoms with van der Waals surface area (Å²) in [6.07, 6.45) is 1.37. The lowest BCUT2D eigenvalue weighted by Gasteiger charge is -2.08. The van der Waals surface area contributed by atoms with E-state index in [1.165, 1.54) is 49.5 Å². The maximum absolute atomic E-state index is 12.4. The Morgan fingerprint density at radius 1 is 1.09 bits per heavy atom. The van der Waals surface area contributed by atoms with Crippen molar-refractivity contribution < 1.29 is 22.3 Å². The molecule has 3 aromatic carbocycles. The molecule has 0 atom stereocenters. The molecule has 1 N–H and O–H groups in total. The molecule has 0 aliphatic rings. The van der Waals surface area contributed by atoms with Crippen LogP contribution in [0.4, 0.5) is 5.69 Å². The summed E-state index contributed by atoms with van der Waals surface area (Å²) in [7, 11) is -4.27. The molecule has 3 aromatic rings. The van der Waals surface area contributed by atoms with Crippen LogP contribution in [0.3, 0.4) is 0 Å². The third kappa shape index (κ3) is 5.68. The first-order chi connectivity index (χ1) is 15.2. The van der Waals surface area contributed by atoms with Gasteiger partial charge in [-0.25, -0.2) is 5.43 Å². The topological polar surface area (TPSA) is 128 Å². The molecular formula is C21H16ClN3O6S. The summed E-state index contributed by atoms with van der Waals surface area (Å²) in [6.45, 7) is 1.51. The van der Waals surface area contributed by atoms with Crippen molar-refractivity contribution in [2.24, 2.45) is 5.10 Å². The lowest BCUT2D eigenvalue weighted by Crippen LogP contribution is -2.17. The number of halogens is 1. The van der Waals surface area contributed by atoms with Crippen molar-refractivity contribution in [2.45, 2.75) is 11.8 Å². The number of nitrogens with zero attached hydrogens (tertiary/aromatic N) is 2. The molecule has 0 saturated carbocycles. The van der Waals surface area contributed by atoms with Gasteiger partial charge in [0.1, 0.15) is 10.6 Å². The Balaban J connectivity index is 1.66. The van der Waals surface area contributed by atoms with E-state index in [1.54, 1.807) is 24.3 Å². The highest BCUT2D eigenvalue weighted by Gasteiger charge is 2.21. The number of nitro benzene ring substituents is 1.